The smallest absolute Gasteiger partial charge is 0.0900 e. The Labute approximate surface area is 80.1 Å². The molecule has 1 atom stereocenters. The number of methoxy groups -OCH3 is 1. The summed E-state index contributed by atoms with van der Waals surface area (Å²) < 4.78 is 4.83. The summed E-state index contributed by atoms with van der Waals surface area (Å²) in [7, 11) is 1.58. The molecule has 0 spiro atoms. The quantitative estimate of drug-likeness (QED) is 0.553. The van der Waals surface area contributed by atoms with Crippen molar-refractivity contribution in [1.82, 2.24) is 4.90 Å². The van der Waals surface area contributed by atoms with Crippen LogP contribution in [0.25, 0.3) is 0 Å². The van der Waals surface area contributed by atoms with E-state index in [2.05, 4.69) is 4.90 Å². The fourth-order valence-corrected chi connectivity index (χ4v) is 1.22. The van der Waals surface area contributed by atoms with Crippen LogP contribution in [-0.2, 0) is 4.74 Å². The number of hydrogen-bond acceptors (Lipinski definition) is 4. The average Bonchev–Trinajstić information content (AvgIpc) is 2.12. The van der Waals surface area contributed by atoms with E-state index in [1.165, 1.54) is 0 Å². The second kappa shape index (κ2) is 8.44. The van der Waals surface area contributed by atoms with Crippen LogP contribution in [-0.4, -0.2) is 61.2 Å². The van der Waals surface area contributed by atoms with Crippen molar-refractivity contribution in [2.75, 3.05) is 40.0 Å². The van der Waals surface area contributed by atoms with E-state index in [4.69, 9.17) is 9.84 Å². The van der Waals surface area contributed by atoms with E-state index in [0.29, 0.717) is 13.2 Å². The molecule has 4 nitrogen and oxygen atoms in total. The van der Waals surface area contributed by atoms with Gasteiger partial charge in [-0.1, -0.05) is 6.92 Å². The van der Waals surface area contributed by atoms with E-state index < -0.39 is 6.10 Å². The fraction of sp³-hybridized carbons (Fsp3) is 1.00. The maximum Gasteiger partial charge on any atom is 0.0900 e. The Morgan fingerprint density at radius 2 is 2.15 bits per heavy atom. The minimum atomic E-state index is -0.427. The van der Waals surface area contributed by atoms with Crippen molar-refractivity contribution in [3.8, 4) is 0 Å². The molecule has 0 aliphatic rings. The van der Waals surface area contributed by atoms with Crippen LogP contribution >= 0.6 is 0 Å². The van der Waals surface area contributed by atoms with Gasteiger partial charge in [0, 0.05) is 26.8 Å². The first-order chi connectivity index (χ1) is 6.24. The van der Waals surface area contributed by atoms with Gasteiger partial charge >= 0.3 is 0 Å². The van der Waals surface area contributed by atoms with Gasteiger partial charge in [0.25, 0.3) is 0 Å². The first-order valence-corrected chi connectivity index (χ1v) is 4.74. The number of likely N-dealkylation sites (N-methyl/N-ethyl adjacent to an activating group) is 1. The minimum absolute atomic E-state index is 0.205. The zero-order chi connectivity index (χ0) is 10.1. The van der Waals surface area contributed by atoms with Gasteiger partial charge in [0.15, 0.2) is 0 Å². The molecule has 0 heterocycles. The SMILES string of the molecule is CCN(CCCO)CC(O)COC. The van der Waals surface area contributed by atoms with Crippen molar-refractivity contribution in [3.05, 3.63) is 0 Å². The van der Waals surface area contributed by atoms with Crippen LogP contribution in [0.4, 0.5) is 0 Å². The summed E-state index contributed by atoms with van der Waals surface area (Å²) in [6, 6.07) is 0. The molecule has 0 aromatic heterocycles. The molecule has 0 fully saturated rings. The number of nitrogens with zero attached hydrogens (tertiary/aromatic N) is 1. The van der Waals surface area contributed by atoms with Gasteiger partial charge in [-0.25, -0.2) is 0 Å². The van der Waals surface area contributed by atoms with E-state index in [0.717, 1.165) is 19.5 Å². The lowest BCUT2D eigenvalue weighted by Gasteiger charge is -2.22. The second-order valence-corrected chi connectivity index (χ2v) is 3.08. The number of aliphatic hydroxyl groups is 2. The molecule has 4 heteroatoms. The van der Waals surface area contributed by atoms with Crippen LogP contribution in [0.3, 0.4) is 0 Å². The molecule has 2 N–H and O–H groups in total. The van der Waals surface area contributed by atoms with Crippen molar-refractivity contribution in [2.24, 2.45) is 0 Å². The predicted molar refractivity (Wildman–Crippen MR) is 51.7 cm³/mol. The molecule has 1 unspecified atom stereocenters. The third kappa shape index (κ3) is 6.95. The van der Waals surface area contributed by atoms with Crippen LogP contribution < -0.4 is 0 Å². The summed E-state index contributed by atoms with van der Waals surface area (Å²) >= 11 is 0. The molecule has 0 aromatic carbocycles. The zero-order valence-corrected chi connectivity index (χ0v) is 8.57. The van der Waals surface area contributed by atoms with Gasteiger partial charge in [-0.05, 0) is 13.0 Å². The molecule has 0 rings (SSSR count). The maximum atomic E-state index is 9.42. The Kier molecular flexibility index (Phi) is 8.33. The van der Waals surface area contributed by atoms with Gasteiger partial charge in [0.2, 0.25) is 0 Å². The molecule has 0 saturated heterocycles. The highest BCUT2D eigenvalue weighted by molar-refractivity contribution is 4.62. The molecular formula is C9H21NO3. The van der Waals surface area contributed by atoms with Crippen LogP contribution in [0.1, 0.15) is 13.3 Å². The number of hydrogen-bond donors (Lipinski definition) is 2. The van der Waals surface area contributed by atoms with E-state index in [9.17, 15) is 5.11 Å². The Hall–Kier alpha value is -0.160. The van der Waals surface area contributed by atoms with E-state index in [-0.39, 0.29) is 6.61 Å². The topological polar surface area (TPSA) is 52.9 Å². The Balaban J connectivity index is 3.56. The number of aliphatic hydroxyl groups excluding tert-OH is 2. The predicted octanol–water partition coefficient (Wildman–Crippen LogP) is -0.302. The van der Waals surface area contributed by atoms with E-state index in [1.807, 2.05) is 6.92 Å². The highest BCUT2D eigenvalue weighted by Gasteiger charge is 2.08. The third-order valence-corrected chi connectivity index (χ3v) is 1.91. The molecule has 0 aliphatic heterocycles. The number of rotatable bonds is 8. The van der Waals surface area contributed by atoms with Gasteiger partial charge in [-0.3, -0.25) is 0 Å². The highest BCUT2D eigenvalue weighted by Crippen LogP contribution is 1.94. The lowest BCUT2D eigenvalue weighted by Crippen LogP contribution is -2.35. The van der Waals surface area contributed by atoms with Crippen molar-refractivity contribution < 1.29 is 14.9 Å². The molecular weight excluding hydrogens is 170 g/mol. The normalized spacial score (nSPS) is 13.6. The summed E-state index contributed by atoms with van der Waals surface area (Å²) in [4.78, 5) is 2.10. The van der Waals surface area contributed by atoms with Gasteiger partial charge in [0.1, 0.15) is 0 Å². The summed E-state index contributed by atoms with van der Waals surface area (Å²) in [6.07, 6.45) is 0.330. The fourth-order valence-electron chi connectivity index (χ4n) is 1.22. The van der Waals surface area contributed by atoms with Crippen molar-refractivity contribution in [2.45, 2.75) is 19.4 Å². The van der Waals surface area contributed by atoms with Crippen LogP contribution in [0.15, 0.2) is 0 Å². The summed E-state index contributed by atoms with van der Waals surface area (Å²) in [5, 5.41) is 18.1. The Bertz CT molecular complexity index is 111. The monoisotopic (exact) mass is 191 g/mol. The first kappa shape index (κ1) is 12.8. The second-order valence-electron chi connectivity index (χ2n) is 3.08. The van der Waals surface area contributed by atoms with Crippen LogP contribution in [0.2, 0.25) is 0 Å². The standard InChI is InChI=1S/C9H21NO3/c1-3-10(5-4-6-11)7-9(12)8-13-2/h9,11-12H,3-8H2,1-2H3. The van der Waals surface area contributed by atoms with E-state index in [1.54, 1.807) is 7.11 Å². The molecule has 0 aliphatic carbocycles. The summed E-state index contributed by atoms with van der Waals surface area (Å²) in [5.41, 5.74) is 0. The number of ether oxygens (including phenoxy) is 1. The lowest BCUT2D eigenvalue weighted by atomic mass is 10.3. The Morgan fingerprint density at radius 1 is 1.46 bits per heavy atom. The largest absolute Gasteiger partial charge is 0.396 e. The lowest BCUT2D eigenvalue weighted by molar-refractivity contribution is 0.0376. The van der Waals surface area contributed by atoms with Gasteiger partial charge in [-0.2, -0.15) is 0 Å². The van der Waals surface area contributed by atoms with Crippen molar-refractivity contribution in [3.63, 3.8) is 0 Å². The first-order valence-electron chi connectivity index (χ1n) is 4.74. The molecule has 80 valence electrons. The zero-order valence-electron chi connectivity index (χ0n) is 8.57. The average molecular weight is 191 g/mol. The molecule has 0 aromatic rings. The molecule has 13 heavy (non-hydrogen) atoms. The van der Waals surface area contributed by atoms with Crippen LogP contribution in [0.5, 0.6) is 0 Å². The van der Waals surface area contributed by atoms with Crippen molar-refractivity contribution >= 4 is 0 Å². The molecule has 0 saturated carbocycles. The van der Waals surface area contributed by atoms with Gasteiger partial charge < -0.3 is 19.8 Å². The highest BCUT2D eigenvalue weighted by atomic mass is 16.5. The minimum Gasteiger partial charge on any atom is -0.396 e. The van der Waals surface area contributed by atoms with Crippen molar-refractivity contribution in [1.29, 1.82) is 0 Å². The summed E-state index contributed by atoms with van der Waals surface area (Å²) in [5.74, 6) is 0. The van der Waals surface area contributed by atoms with Gasteiger partial charge in [0.05, 0.1) is 12.7 Å². The molecule has 0 amide bonds. The van der Waals surface area contributed by atoms with Crippen LogP contribution in [0, 0.1) is 0 Å². The third-order valence-electron chi connectivity index (χ3n) is 1.91. The van der Waals surface area contributed by atoms with E-state index >= 15 is 0 Å². The summed E-state index contributed by atoms with van der Waals surface area (Å²) in [6.45, 7) is 4.95. The maximum absolute atomic E-state index is 9.42. The van der Waals surface area contributed by atoms with Gasteiger partial charge in [-0.15, -0.1) is 0 Å². The molecule has 0 bridgehead atoms. The Morgan fingerprint density at radius 3 is 2.62 bits per heavy atom. The molecule has 0 radical (unpaired) electrons.